The molecule has 3 fully saturated rings. The summed E-state index contributed by atoms with van der Waals surface area (Å²) in [6.07, 6.45) is 0. The van der Waals surface area contributed by atoms with Crippen LogP contribution in [-0.4, -0.2) is 93.7 Å². The molecular weight excluding hydrogens is 188 g/mol. The predicted octanol–water partition coefficient (Wildman–Crippen LogP) is -4.28. The summed E-state index contributed by atoms with van der Waals surface area (Å²) < 4.78 is 0. The van der Waals surface area contributed by atoms with Crippen molar-refractivity contribution < 1.29 is 10.2 Å². The summed E-state index contributed by atoms with van der Waals surface area (Å²) >= 11 is 0. The largest absolute Gasteiger partial charge is 0.397 e. The van der Waals surface area contributed by atoms with Crippen molar-refractivity contribution in [1.82, 2.24) is 0 Å². The van der Waals surface area contributed by atoms with Gasteiger partial charge in [-0.05, 0) is 0 Å². The van der Waals surface area contributed by atoms with E-state index in [1.54, 1.807) is 0 Å². The molecule has 2 atom stereocenters. The maximum atomic E-state index is 9.48. The number of fused-ring (bicyclic) bond motifs is 7. The molecule has 3 rings (SSSR count). The van der Waals surface area contributed by atoms with Gasteiger partial charge in [-0.15, -0.1) is 0 Å². The van der Waals surface area contributed by atoms with E-state index in [4.69, 9.17) is 0 Å². The maximum absolute atomic E-state index is 9.48. The van der Waals surface area contributed by atoms with Crippen LogP contribution in [0.3, 0.4) is 0 Å². The second-order valence-electron chi connectivity index (χ2n) is 4.32. The molecule has 3 heterocycles. The molecule has 65 valence electrons. The lowest BCUT2D eigenvalue weighted by Gasteiger charge is -2.54. The Morgan fingerprint density at radius 3 is 2.38 bits per heavy atom. The van der Waals surface area contributed by atoms with E-state index < -0.39 is 0 Å². The zero-order chi connectivity index (χ0) is 11.4. The lowest BCUT2D eigenvalue weighted by atomic mass is 8.76. The van der Waals surface area contributed by atoms with Gasteiger partial charge in [-0.1, -0.05) is 11.0 Å². The van der Waals surface area contributed by atoms with Gasteiger partial charge in [-0.25, -0.2) is 0 Å². The van der Waals surface area contributed by atoms with E-state index in [0.717, 1.165) is 0 Å². The SMILES string of the molecule is OC[C@@H]1B2[B][B][B][B][B][B][B][B][C@]1(CO)[B]2. The van der Waals surface area contributed by atoms with E-state index in [1.807, 2.05) is 49.5 Å². The van der Waals surface area contributed by atoms with E-state index in [2.05, 4.69) is 14.2 Å². The first-order valence-corrected chi connectivity index (χ1v) is 5.59. The van der Waals surface area contributed by atoms with Crippen molar-refractivity contribution in [3.8, 4) is 0 Å². The van der Waals surface area contributed by atoms with Gasteiger partial charge in [0.25, 0.3) is 0 Å². The molecule has 2 nitrogen and oxygen atoms in total. The van der Waals surface area contributed by atoms with Crippen LogP contribution in [-0.2, 0) is 0 Å². The third kappa shape index (κ3) is 2.53. The highest BCUT2D eigenvalue weighted by molar-refractivity contribution is 7.73. The van der Waals surface area contributed by atoms with E-state index in [-0.39, 0.29) is 30.7 Å². The Morgan fingerprint density at radius 1 is 1.00 bits per heavy atom. The molecule has 0 aliphatic carbocycles. The van der Waals surface area contributed by atoms with Gasteiger partial charge in [0, 0.05) is 62.6 Å². The molecule has 0 saturated carbocycles. The van der Waals surface area contributed by atoms with Crippen LogP contribution in [0.15, 0.2) is 0 Å². The van der Waals surface area contributed by atoms with Crippen molar-refractivity contribution in [3.05, 3.63) is 0 Å². The fourth-order valence-corrected chi connectivity index (χ4v) is 2.40. The van der Waals surface area contributed by atoms with E-state index in [9.17, 15) is 10.2 Å². The van der Waals surface area contributed by atoms with Gasteiger partial charge in [0.15, 0.2) is 0 Å². The Labute approximate surface area is 105 Å². The standard InChI is InChI=1S/C4H7B10O2/c15-1-3-4(2-16)5-7-8-9-10-11-12-13-14(3)6-4/h3,15-16H,1-2H2/t3-,4+/m0/s1. The summed E-state index contributed by atoms with van der Waals surface area (Å²) in [5.41, 5.74) is 0. The predicted molar refractivity (Wildman–Crippen MR) is 78.2 cm³/mol. The van der Waals surface area contributed by atoms with Crippen molar-refractivity contribution in [2.75, 3.05) is 13.2 Å². The van der Waals surface area contributed by atoms with Crippen molar-refractivity contribution in [1.29, 1.82) is 0 Å². The van der Waals surface area contributed by atoms with Crippen LogP contribution in [0, 0.1) is 0 Å². The Balaban J connectivity index is 1.99. The first kappa shape index (κ1) is 13.0. The van der Waals surface area contributed by atoms with Crippen molar-refractivity contribution >= 4 is 70.3 Å². The van der Waals surface area contributed by atoms with Gasteiger partial charge in [0.1, 0.15) is 0 Å². The molecule has 3 aliphatic heterocycles. The zero-order valence-corrected chi connectivity index (χ0v) is 9.16. The molecule has 0 amide bonds. The Kier molecular flexibility index (Phi) is 4.84. The zero-order valence-electron chi connectivity index (χ0n) is 9.16. The highest BCUT2D eigenvalue weighted by Gasteiger charge is 2.52. The summed E-state index contributed by atoms with van der Waals surface area (Å²) in [6, 6.07) is 0. The molecule has 0 aromatic heterocycles. The highest BCUT2D eigenvalue weighted by Crippen LogP contribution is 2.48. The smallest absolute Gasteiger partial charge is 0.0643 e. The van der Waals surface area contributed by atoms with Crippen LogP contribution in [0.5, 0.6) is 0 Å². The second-order valence-corrected chi connectivity index (χ2v) is 4.32. The van der Waals surface area contributed by atoms with Gasteiger partial charge in [-0.2, -0.15) is 0 Å². The Morgan fingerprint density at radius 2 is 1.69 bits per heavy atom. The quantitative estimate of drug-likeness (QED) is 0.438. The Hall–Kier alpha value is 0.569. The molecule has 3 aliphatic rings. The minimum absolute atomic E-state index is 0.0559. The molecule has 3 saturated heterocycles. The summed E-state index contributed by atoms with van der Waals surface area (Å²) in [6.45, 7) is 0.411. The highest BCUT2D eigenvalue weighted by atomic mass is 16.3. The van der Waals surface area contributed by atoms with Crippen molar-refractivity contribution in [2.24, 2.45) is 0 Å². The third-order valence-corrected chi connectivity index (χ3v) is 3.42. The van der Waals surface area contributed by atoms with Crippen LogP contribution in [0.1, 0.15) is 0 Å². The topological polar surface area (TPSA) is 40.5 Å². The van der Waals surface area contributed by atoms with Crippen LogP contribution < -0.4 is 0 Å². The molecule has 2 bridgehead atoms. The fraction of sp³-hybridized carbons (Fsp3) is 1.00. The maximum Gasteiger partial charge on any atom is 0.0643 e. The Bertz CT molecular complexity index is 225. The first-order valence-electron chi connectivity index (χ1n) is 5.59. The van der Waals surface area contributed by atoms with Gasteiger partial charge >= 0.3 is 0 Å². The number of aliphatic hydroxyl groups is 2. The summed E-state index contributed by atoms with van der Waals surface area (Å²) in [5.74, 6) is 0.0879. The molecule has 0 spiro atoms. The van der Waals surface area contributed by atoms with Crippen molar-refractivity contribution in [2.45, 2.75) is 11.0 Å². The van der Waals surface area contributed by atoms with Gasteiger partial charge in [-0.3, -0.25) is 0 Å². The lowest BCUT2D eigenvalue weighted by molar-refractivity contribution is 0.222. The number of aliphatic hydroxyl groups excluding tert-OH is 2. The molecular formula is C4H7B10O2. The van der Waals surface area contributed by atoms with Crippen LogP contribution in [0.2, 0.25) is 11.0 Å². The van der Waals surface area contributed by atoms with Crippen LogP contribution in [0.4, 0.5) is 0 Å². The van der Waals surface area contributed by atoms with E-state index in [0.29, 0.717) is 0 Å². The average molecular weight is 195 g/mol. The van der Waals surface area contributed by atoms with Crippen LogP contribution >= 0.6 is 0 Å². The average Bonchev–Trinajstić information content (AvgIpc) is 2.34. The number of hydrogen-bond donors (Lipinski definition) is 2. The minimum Gasteiger partial charge on any atom is -0.397 e. The van der Waals surface area contributed by atoms with Gasteiger partial charge < -0.3 is 10.2 Å². The molecule has 2 N–H and O–H groups in total. The number of rotatable bonds is 2. The van der Waals surface area contributed by atoms with Gasteiger partial charge in [0.05, 0.1) is 20.8 Å². The molecule has 0 aromatic rings. The normalized spacial score (nSPS) is 31.9. The van der Waals surface area contributed by atoms with Crippen molar-refractivity contribution in [3.63, 3.8) is 0 Å². The lowest BCUT2D eigenvalue weighted by Crippen LogP contribution is -2.65. The second kappa shape index (κ2) is 5.95. The van der Waals surface area contributed by atoms with E-state index in [1.165, 1.54) is 0 Å². The molecule has 16 heavy (non-hydrogen) atoms. The van der Waals surface area contributed by atoms with Crippen LogP contribution in [0.25, 0.3) is 0 Å². The third-order valence-electron chi connectivity index (χ3n) is 3.42. The molecule has 0 aromatic carbocycles. The minimum atomic E-state index is -0.349. The molecule has 9 radical (unpaired) electrons. The monoisotopic (exact) mass is 197 g/mol. The fourth-order valence-electron chi connectivity index (χ4n) is 2.40. The molecule has 0 unspecified atom stereocenters. The summed E-state index contributed by atoms with van der Waals surface area (Å²) in [4.78, 5) is 0. The first-order chi connectivity index (χ1) is 7.82. The molecule has 12 heteroatoms. The summed E-state index contributed by atoms with van der Waals surface area (Å²) in [5, 5.41) is 18.5. The summed E-state index contributed by atoms with van der Waals surface area (Å²) in [7, 11) is 17.9. The van der Waals surface area contributed by atoms with E-state index >= 15 is 0 Å². The number of hydrogen-bond acceptors (Lipinski definition) is 2. The van der Waals surface area contributed by atoms with Gasteiger partial charge in [0.2, 0.25) is 0 Å².